The molecule has 0 unspecified atom stereocenters. The van der Waals surface area contributed by atoms with E-state index in [1.807, 2.05) is 25.1 Å². The predicted octanol–water partition coefficient (Wildman–Crippen LogP) is 3.43. The first-order valence-electron chi connectivity index (χ1n) is 8.63. The highest BCUT2D eigenvalue weighted by molar-refractivity contribution is 6.03. The molecule has 0 saturated carbocycles. The molecule has 1 aromatic carbocycles. The molecule has 0 fully saturated rings. The number of rotatable bonds is 5. The fraction of sp³-hybridized carbons (Fsp3) is 0.400. The van der Waals surface area contributed by atoms with Crippen LogP contribution in [0, 0.1) is 6.92 Å². The summed E-state index contributed by atoms with van der Waals surface area (Å²) in [5.74, 6) is 0.936. The molecular formula is C20H23NO5. The number of H-pyrrole nitrogens is 1. The lowest BCUT2D eigenvalue weighted by molar-refractivity contribution is 0.0593. The van der Waals surface area contributed by atoms with Crippen molar-refractivity contribution in [3.05, 3.63) is 46.3 Å². The summed E-state index contributed by atoms with van der Waals surface area (Å²) in [6.07, 6.45) is 1.04. The molecule has 0 saturated heterocycles. The molecule has 1 atom stereocenters. The van der Waals surface area contributed by atoms with Gasteiger partial charge in [-0.05, 0) is 49.4 Å². The van der Waals surface area contributed by atoms with Gasteiger partial charge in [-0.3, -0.25) is 4.79 Å². The molecule has 1 N–H and O–H groups in total. The number of methoxy groups -OCH3 is 2. The van der Waals surface area contributed by atoms with Crippen LogP contribution in [-0.4, -0.2) is 37.6 Å². The van der Waals surface area contributed by atoms with Crippen LogP contribution >= 0.6 is 0 Å². The van der Waals surface area contributed by atoms with Crippen molar-refractivity contribution in [1.29, 1.82) is 0 Å². The summed E-state index contributed by atoms with van der Waals surface area (Å²) >= 11 is 0. The Hall–Kier alpha value is -2.76. The van der Waals surface area contributed by atoms with E-state index in [2.05, 4.69) is 4.98 Å². The van der Waals surface area contributed by atoms with Crippen molar-refractivity contribution in [3.8, 4) is 11.5 Å². The van der Waals surface area contributed by atoms with Gasteiger partial charge in [-0.2, -0.15) is 0 Å². The number of ether oxygens (including phenoxy) is 3. The molecule has 3 rings (SSSR count). The first-order valence-corrected chi connectivity index (χ1v) is 8.63. The molecule has 6 nitrogen and oxygen atoms in total. The van der Waals surface area contributed by atoms with Crippen molar-refractivity contribution >= 4 is 11.8 Å². The third-order valence-corrected chi connectivity index (χ3v) is 4.84. The first-order chi connectivity index (χ1) is 12.5. The molecule has 1 aromatic heterocycles. The highest BCUT2D eigenvalue weighted by atomic mass is 16.5. The smallest absolute Gasteiger partial charge is 0.354 e. The zero-order valence-electron chi connectivity index (χ0n) is 15.5. The van der Waals surface area contributed by atoms with E-state index in [-0.39, 0.29) is 11.7 Å². The number of hydrogen-bond acceptors (Lipinski definition) is 5. The van der Waals surface area contributed by atoms with Gasteiger partial charge in [0.15, 0.2) is 17.3 Å². The van der Waals surface area contributed by atoms with Gasteiger partial charge >= 0.3 is 5.97 Å². The van der Waals surface area contributed by atoms with Crippen LogP contribution in [0.3, 0.4) is 0 Å². The van der Waals surface area contributed by atoms with Gasteiger partial charge < -0.3 is 19.2 Å². The highest BCUT2D eigenvalue weighted by Crippen LogP contribution is 2.38. The Morgan fingerprint density at radius 2 is 2.00 bits per heavy atom. The van der Waals surface area contributed by atoms with Gasteiger partial charge in [0.05, 0.1) is 20.8 Å². The Balaban J connectivity index is 1.94. The summed E-state index contributed by atoms with van der Waals surface area (Å²) < 4.78 is 15.8. The van der Waals surface area contributed by atoms with Gasteiger partial charge in [0.25, 0.3) is 0 Å². The fourth-order valence-corrected chi connectivity index (χ4v) is 3.59. The van der Waals surface area contributed by atoms with E-state index in [1.165, 1.54) is 7.11 Å². The molecule has 0 spiro atoms. The second kappa shape index (κ2) is 7.23. The summed E-state index contributed by atoms with van der Waals surface area (Å²) in [4.78, 5) is 27.7. The molecular weight excluding hydrogens is 334 g/mol. The number of ketones is 1. The SMILES string of the molecule is CCOc1ccc([C@@H]2CC(=O)c3c([nH]c(C(=O)OC)c3C)C2)cc1OC. The lowest BCUT2D eigenvalue weighted by Crippen LogP contribution is -2.18. The van der Waals surface area contributed by atoms with E-state index >= 15 is 0 Å². The van der Waals surface area contributed by atoms with Gasteiger partial charge in [0, 0.05) is 17.7 Å². The highest BCUT2D eigenvalue weighted by Gasteiger charge is 2.32. The predicted molar refractivity (Wildman–Crippen MR) is 96.4 cm³/mol. The van der Waals surface area contributed by atoms with E-state index in [0.29, 0.717) is 47.8 Å². The molecule has 1 aliphatic carbocycles. The van der Waals surface area contributed by atoms with E-state index in [4.69, 9.17) is 14.2 Å². The molecule has 1 heterocycles. The van der Waals surface area contributed by atoms with Crippen molar-refractivity contribution in [2.75, 3.05) is 20.8 Å². The Morgan fingerprint density at radius 1 is 1.23 bits per heavy atom. The number of fused-ring (bicyclic) bond motifs is 1. The summed E-state index contributed by atoms with van der Waals surface area (Å²) in [6.45, 7) is 4.25. The molecule has 1 aliphatic rings. The molecule has 0 radical (unpaired) electrons. The van der Waals surface area contributed by atoms with Gasteiger partial charge in [-0.15, -0.1) is 0 Å². The number of carbonyl (C=O) groups is 2. The maximum Gasteiger partial charge on any atom is 0.354 e. The largest absolute Gasteiger partial charge is 0.493 e. The van der Waals surface area contributed by atoms with Crippen molar-refractivity contribution in [3.63, 3.8) is 0 Å². The second-order valence-electron chi connectivity index (χ2n) is 6.34. The minimum absolute atomic E-state index is 0.0168. The standard InChI is InChI=1S/C20H23NO5/c1-5-26-16-7-6-12(10-17(16)24-3)13-8-14-18(15(22)9-13)11(2)19(21-14)20(23)25-4/h6-7,10,13,21H,5,8-9H2,1-4H3/t13-/m0/s1. The van der Waals surface area contributed by atoms with Gasteiger partial charge in [-0.1, -0.05) is 6.07 Å². The molecule has 0 aliphatic heterocycles. The fourth-order valence-electron chi connectivity index (χ4n) is 3.59. The van der Waals surface area contributed by atoms with E-state index in [9.17, 15) is 9.59 Å². The number of hydrogen-bond donors (Lipinski definition) is 1. The van der Waals surface area contributed by atoms with E-state index in [1.54, 1.807) is 14.0 Å². The van der Waals surface area contributed by atoms with E-state index in [0.717, 1.165) is 11.3 Å². The number of esters is 1. The van der Waals surface area contributed by atoms with Crippen LogP contribution in [0.25, 0.3) is 0 Å². The summed E-state index contributed by atoms with van der Waals surface area (Å²) in [7, 11) is 2.93. The van der Waals surface area contributed by atoms with Crippen LogP contribution in [0.5, 0.6) is 11.5 Å². The monoisotopic (exact) mass is 357 g/mol. The van der Waals surface area contributed by atoms with Crippen LogP contribution < -0.4 is 9.47 Å². The zero-order chi connectivity index (χ0) is 18.8. The third-order valence-electron chi connectivity index (χ3n) is 4.84. The summed E-state index contributed by atoms with van der Waals surface area (Å²) in [5, 5.41) is 0. The van der Waals surface area contributed by atoms with E-state index < -0.39 is 5.97 Å². The lowest BCUT2D eigenvalue weighted by atomic mass is 9.81. The van der Waals surface area contributed by atoms with Crippen LogP contribution in [0.4, 0.5) is 0 Å². The van der Waals surface area contributed by atoms with Crippen LogP contribution in [0.2, 0.25) is 0 Å². The molecule has 0 bridgehead atoms. The van der Waals surface area contributed by atoms with Gasteiger partial charge in [0.1, 0.15) is 5.69 Å². The third kappa shape index (κ3) is 3.07. The van der Waals surface area contributed by atoms with Crippen LogP contribution in [-0.2, 0) is 11.2 Å². The quantitative estimate of drug-likeness (QED) is 0.830. The van der Waals surface area contributed by atoms with Crippen LogP contribution in [0.1, 0.15) is 56.9 Å². The summed E-state index contributed by atoms with van der Waals surface area (Å²) in [6, 6.07) is 5.76. The molecule has 26 heavy (non-hydrogen) atoms. The average molecular weight is 357 g/mol. The number of aromatic amines is 1. The number of carbonyl (C=O) groups excluding carboxylic acids is 2. The Morgan fingerprint density at radius 3 is 2.65 bits per heavy atom. The minimum Gasteiger partial charge on any atom is -0.493 e. The minimum atomic E-state index is -0.455. The number of nitrogens with one attached hydrogen (secondary N) is 1. The number of benzene rings is 1. The molecule has 6 heteroatoms. The summed E-state index contributed by atoms with van der Waals surface area (Å²) in [5.41, 5.74) is 3.45. The van der Waals surface area contributed by atoms with Gasteiger partial charge in [-0.25, -0.2) is 4.79 Å². The molecule has 0 amide bonds. The van der Waals surface area contributed by atoms with Crippen molar-refractivity contribution in [1.82, 2.24) is 4.98 Å². The lowest BCUT2D eigenvalue weighted by Gasteiger charge is -2.23. The zero-order valence-corrected chi connectivity index (χ0v) is 15.5. The van der Waals surface area contributed by atoms with Crippen LogP contribution in [0.15, 0.2) is 18.2 Å². The van der Waals surface area contributed by atoms with Crippen molar-refractivity contribution in [2.24, 2.45) is 0 Å². The van der Waals surface area contributed by atoms with Crippen molar-refractivity contribution in [2.45, 2.75) is 32.6 Å². The molecule has 138 valence electrons. The Bertz CT molecular complexity index is 852. The first kappa shape index (κ1) is 18.0. The Kier molecular flexibility index (Phi) is 5.02. The Labute approximate surface area is 152 Å². The second-order valence-corrected chi connectivity index (χ2v) is 6.34. The normalized spacial score (nSPS) is 16.2. The maximum atomic E-state index is 12.7. The number of Topliss-reactive ketones (excluding diaryl/α,β-unsaturated/α-hetero) is 1. The van der Waals surface area contributed by atoms with Crippen molar-refractivity contribution < 1.29 is 23.8 Å². The molecule has 2 aromatic rings. The van der Waals surface area contributed by atoms with Gasteiger partial charge in [0.2, 0.25) is 0 Å². The number of aromatic nitrogens is 1. The maximum absolute atomic E-state index is 12.7. The average Bonchev–Trinajstić information content (AvgIpc) is 2.98. The topological polar surface area (TPSA) is 77.6 Å².